The zero-order chi connectivity index (χ0) is 24.6. The molecule has 0 aromatic heterocycles. The first-order valence-electron chi connectivity index (χ1n) is 10.1. The van der Waals surface area contributed by atoms with Gasteiger partial charge in [-0.3, -0.25) is 19.2 Å². The number of rotatable bonds is 12. The van der Waals surface area contributed by atoms with Crippen molar-refractivity contribution in [3.8, 4) is 0 Å². The van der Waals surface area contributed by atoms with Gasteiger partial charge in [0, 0.05) is 35.9 Å². The van der Waals surface area contributed by atoms with Crippen molar-refractivity contribution in [2.75, 3.05) is 0 Å². The molecule has 0 aromatic carbocycles. The van der Waals surface area contributed by atoms with E-state index in [1.165, 1.54) is 0 Å². The molecule has 0 unspecified atom stereocenters. The molecule has 178 valence electrons. The van der Waals surface area contributed by atoms with Crippen LogP contribution in [0.2, 0.25) is 0 Å². The van der Waals surface area contributed by atoms with Crippen LogP contribution in [-0.2, 0) is 19.2 Å². The van der Waals surface area contributed by atoms with Crippen molar-refractivity contribution < 1.29 is 39.6 Å². The second-order valence-corrected chi connectivity index (χ2v) is 10.1. The Hall–Kier alpha value is -1.35. The van der Waals surface area contributed by atoms with Crippen molar-refractivity contribution in [3.63, 3.8) is 0 Å². The maximum Gasteiger partial charge on any atom is 0.309 e. The second kappa shape index (κ2) is 13.3. The summed E-state index contributed by atoms with van der Waals surface area (Å²) in [6, 6.07) is 0. The normalized spacial score (nSPS) is 12.1. The van der Waals surface area contributed by atoms with Gasteiger partial charge in [-0.25, -0.2) is 0 Å². The third-order valence-electron chi connectivity index (χ3n) is 6.84. The molecule has 0 bridgehead atoms. The van der Waals surface area contributed by atoms with Gasteiger partial charge in [-0.2, -0.15) is 0 Å². The number of hydrogen-bond donors (Lipinski definition) is 4. The Bertz CT molecular complexity index is 567. The van der Waals surface area contributed by atoms with Crippen LogP contribution in [0.5, 0.6) is 0 Å². The highest BCUT2D eigenvalue weighted by molar-refractivity contribution is 5.76. The topological polar surface area (TPSA) is 149 Å². The van der Waals surface area contributed by atoms with Crippen LogP contribution in [0, 0.1) is 21.7 Å². The molecule has 0 atom stereocenters. The Kier molecular flexibility index (Phi) is 14.6. The Morgan fingerprint density at radius 3 is 0.935 bits per heavy atom. The van der Waals surface area contributed by atoms with Gasteiger partial charge in [0.25, 0.3) is 0 Å². The molecule has 0 spiro atoms. The van der Waals surface area contributed by atoms with Crippen molar-refractivity contribution in [1.29, 1.82) is 0 Å². The highest BCUT2D eigenvalue weighted by atomic mass is 24.3. The van der Waals surface area contributed by atoms with Gasteiger partial charge in [0.2, 0.25) is 0 Å². The highest BCUT2D eigenvalue weighted by Gasteiger charge is 2.43. The fraction of sp³-hybridized carbons (Fsp3) is 0.818. The van der Waals surface area contributed by atoms with Crippen LogP contribution in [0.25, 0.3) is 0 Å². The van der Waals surface area contributed by atoms with Crippen LogP contribution >= 0.6 is 0 Å². The van der Waals surface area contributed by atoms with E-state index in [0.717, 1.165) is 0 Å². The van der Waals surface area contributed by atoms with E-state index < -0.39 is 45.5 Å². The number of aliphatic carboxylic acids is 4. The summed E-state index contributed by atoms with van der Waals surface area (Å²) in [5.41, 5.74) is -2.50. The van der Waals surface area contributed by atoms with Crippen LogP contribution in [0.15, 0.2) is 0 Å². The minimum Gasteiger partial charge on any atom is -0.481 e. The summed E-state index contributed by atoms with van der Waals surface area (Å²) in [5, 5.41) is 35.2. The summed E-state index contributed by atoms with van der Waals surface area (Å²) in [4.78, 5) is 42.8. The minimum absolute atomic E-state index is 0. The average molecular weight is 457 g/mol. The van der Waals surface area contributed by atoms with E-state index in [-0.39, 0.29) is 35.9 Å². The Labute approximate surface area is 202 Å². The van der Waals surface area contributed by atoms with Crippen molar-refractivity contribution in [1.82, 2.24) is 0 Å². The molecule has 8 nitrogen and oxygen atoms in total. The van der Waals surface area contributed by atoms with E-state index in [4.69, 9.17) is 20.4 Å². The van der Waals surface area contributed by atoms with Gasteiger partial charge in [0.15, 0.2) is 0 Å². The quantitative estimate of drug-likeness (QED) is 0.316. The lowest BCUT2D eigenvalue weighted by Crippen LogP contribution is -2.39. The first-order chi connectivity index (χ1) is 13.2. The third-order valence-corrected chi connectivity index (χ3v) is 6.84. The highest BCUT2D eigenvalue weighted by Crippen LogP contribution is 2.43. The van der Waals surface area contributed by atoms with E-state index in [2.05, 4.69) is 0 Å². The molecule has 0 heterocycles. The summed E-state index contributed by atoms with van der Waals surface area (Å²) in [7, 11) is 0. The molecule has 0 aliphatic heterocycles. The Morgan fingerprint density at radius 1 is 0.548 bits per heavy atom. The van der Waals surface area contributed by atoms with E-state index in [1.54, 1.807) is 27.7 Å². The van der Waals surface area contributed by atoms with Gasteiger partial charge in [0.1, 0.15) is 0 Å². The third kappa shape index (κ3) is 11.2. The van der Waals surface area contributed by atoms with Crippen LogP contribution < -0.4 is 0 Å². The van der Waals surface area contributed by atoms with E-state index in [9.17, 15) is 19.2 Å². The number of carbonyl (C=O) groups is 4. The molecule has 0 saturated carbocycles. The standard InChI is InChI=1S/2C11H20O4.Mg/c2*1-10(2,7-5-6-8(12)13)11(3,4)9(14)15;/h2*5-7H2,1-4H3,(H,12,13)(H,14,15);. The molecular weight excluding hydrogens is 417 g/mol. The van der Waals surface area contributed by atoms with Gasteiger partial charge in [-0.15, -0.1) is 0 Å². The lowest BCUT2D eigenvalue weighted by molar-refractivity contribution is -0.155. The maximum atomic E-state index is 11.0. The largest absolute Gasteiger partial charge is 0.481 e. The van der Waals surface area contributed by atoms with E-state index in [1.807, 2.05) is 27.7 Å². The first kappa shape index (κ1) is 34.3. The van der Waals surface area contributed by atoms with Crippen LogP contribution in [0.4, 0.5) is 0 Å². The van der Waals surface area contributed by atoms with Gasteiger partial charge in [-0.05, 0) is 64.2 Å². The molecule has 0 amide bonds. The average Bonchev–Trinajstić information content (AvgIpc) is 2.53. The predicted octanol–water partition coefficient (Wildman–Crippen LogP) is 4.38. The molecule has 0 fully saturated rings. The summed E-state index contributed by atoms with van der Waals surface area (Å²) >= 11 is 0. The van der Waals surface area contributed by atoms with Gasteiger partial charge in [-0.1, -0.05) is 27.7 Å². The lowest BCUT2D eigenvalue weighted by atomic mass is 9.65. The van der Waals surface area contributed by atoms with E-state index in [0.29, 0.717) is 25.7 Å². The molecule has 2 radical (unpaired) electrons. The molecule has 0 rings (SSSR count). The smallest absolute Gasteiger partial charge is 0.309 e. The van der Waals surface area contributed by atoms with Crippen molar-refractivity contribution in [2.45, 2.75) is 93.9 Å². The molecule has 0 saturated heterocycles. The van der Waals surface area contributed by atoms with Gasteiger partial charge >= 0.3 is 23.9 Å². The SMILES string of the molecule is CC(C)(CCCC(=O)O)C(C)(C)C(=O)O.CC(C)(CCCC(=O)O)C(C)(C)C(=O)O.[Mg]. The second-order valence-electron chi connectivity index (χ2n) is 10.1. The first-order valence-corrected chi connectivity index (χ1v) is 10.1. The number of carboxylic acids is 4. The molecule has 31 heavy (non-hydrogen) atoms. The predicted molar refractivity (Wildman–Crippen MR) is 119 cm³/mol. The summed E-state index contributed by atoms with van der Waals surface area (Å²) in [6.45, 7) is 14.2. The van der Waals surface area contributed by atoms with Crippen LogP contribution in [0.3, 0.4) is 0 Å². The molecule has 0 aromatic rings. The van der Waals surface area contributed by atoms with Crippen LogP contribution in [-0.4, -0.2) is 67.4 Å². The van der Waals surface area contributed by atoms with Gasteiger partial charge < -0.3 is 20.4 Å². The molecule has 0 aliphatic rings. The number of hydrogen-bond acceptors (Lipinski definition) is 4. The summed E-state index contributed by atoms with van der Waals surface area (Å²) in [6.07, 6.45) is 2.41. The van der Waals surface area contributed by atoms with Crippen molar-refractivity contribution in [2.24, 2.45) is 21.7 Å². The molecule has 0 aliphatic carbocycles. The zero-order valence-electron chi connectivity index (χ0n) is 20.4. The van der Waals surface area contributed by atoms with Crippen molar-refractivity contribution >= 4 is 46.9 Å². The fourth-order valence-corrected chi connectivity index (χ4v) is 2.57. The van der Waals surface area contributed by atoms with Crippen molar-refractivity contribution in [3.05, 3.63) is 0 Å². The van der Waals surface area contributed by atoms with Crippen LogP contribution in [0.1, 0.15) is 93.9 Å². The Balaban J connectivity index is -0.000000490. The molecular formula is C22H40MgO8. The molecule has 4 N–H and O–H groups in total. The zero-order valence-corrected chi connectivity index (χ0v) is 21.8. The maximum absolute atomic E-state index is 11.0. The number of carboxylic acid groups (broad SMARTS) is 4. The fourth-order valence-electron chi connectivity index (χ4n) is 2.57. The van der Waals surface area contributed by atoms with Gasteiger partial charge in [0.05, 0.1) is 10.8 Å². The van der Waals surface area contributed by atoms with E-state index >= 15 is 0 Å². The minimum atomic E-state index is -0.845. The Morgan fingerprint density at radius 2 is 0.774 bits per heavy atom. The summed E-state index contributed by atoms with van der Waals surface area (Å²) < 4.78 is 0. The lowest BCUT2D eigenvalue weighted by Gasteiger charge is -2.38. The summed E-state index contributed by atoms with van der Waals surface area (Å²) in [5.74, 6) is -3.36. The molecule has 9 heteroatoms. The monoisotopic (exact) mass is 456 g/mol.